The number of ether oxygens (including phenoxy) is 4. The van der Waals surface area contributed by atoms with Crippen molar-refractivity contribution in [3.8, 4) is 17.2 Å². The Balaban J connectivity index is 1.32. The molecule has 3 aromatic rings. The summed E-state index contributed by atoms with van der Waals surface area (Å²) >= 11 is 1.71. The maximum atomic E-state index is 13.8. The third kappa shape index (κ3) is 6.04. The van der Waals surface area contributed by atoms with Crippen molar-refractivity contribution >= 4 is 23.2 Å². The van der Waals surface area contributed by atoms with Gasteiger partial charge in [0.05, 0.1) is 12.6 Å². The zero-order valence-corrected chi connectivity index (χ0v) is 23.4. The van der Waals surface area contributed by atoms with Crippen molar-refractivity contribution in [3.63, 3.8) is 0 Å². The van der Waals surface area contributed by atoms with Gasteiger partial charge >= 0.3 is 0 Å². The van der Waals surface area contributed by atoms with Crippen molar-refractivity contribution in [2.45, 2.75) is 32.2 Å². The van der Waals surface area contributed by atoms with Crippen LogP contribution in [0.15, 0.2) is 53.9 Å². The third-order valence-corrected chi connectivity index (χ3v) is 8.16. The quantitative estimate of drug-likeness (QED) is 0.358. The zero-order chi connectivity index (χ0) is 27.4. The summed E-state index contributed by atoms with van der Waals surface area (Å²) < 4.78 is 22.3. The van der Waals surface area contributed by atoms with E-state index >= 15 is 0 Å². The van der Waals surface area contributed by atoms with Crippen LogP contribution in [0.1, 0.15) is 52.2 Å². The molecule has 3 heterocycles. The lowest BCUT2D eigenvalue weighted by atomic mass is 10.00. The highest BCUT2D eigenvalue weighted by molar-refractivity contribution is 7.10. The van der Waals surface area contributed by atoms with Crippen molar-refractivity contribution in [2.24, 2.45) is 0 Å². The first-order valence-electron chi connectivity index (χ1n) is 13.2. The second kappa shape index (κ2) is 12.1. The Morgan fingerprint density at radius 2 is 1.90 bits per heavy atom. The molecule has 0 unspecified atom stereocenters. The minimum atomic E-state index is -0.259. The van der Waals surface area contributed by atoms with Crippen LogP contribution in [0.3, 0.4) is 0 Å². The van der Waals surface area contributed by atoms with Gasteiger partial charge in [0.2, 0.25) is 12.7 Å². The molecule has 2 aliphatic heterocycles. The molecule has 0 spiro atoms. The van der Waals surface area contributed by atoms with Crippen molar-refractivity contribution in [2.75, 3.05) is 46.8 Å². The van der Waals surface area contributed by atoms with Crippen LogP contribution in [0, 0.1) is 0 Å². The van der Waals surface area contributed by atoms with Gasteiger partial charge in [-0.15, -0.1) is 11.3 Å². The molecule has 0 bridgehead atoms. The van der Waals surface area contributed by atoms with Gasteiger partial charge in [0.1, 0.15) is 18.9 Å². The van der Waals surface area contributed by atoms with Crippen molar-refractivity contribution in [1.29, 1.82) is 0 Å². The van der Waals surface area contributed by atoms with E-state index in [4.69, 9.17) is 18.9 Å². The minimum absolute atomic E-state index is 0.0598. The molecule has 2 aromatic carbocycles. The van der Waals surface area contributed by atoms with Gasteiger partial charge in [0, 0.05) is 30.6 Å². The molecule has 0 fully saturated rings. The van der Waals surface area contributed by atoms with Gasteiger partial charge in [-0.1, -0.05) is 26.0 Å². The van der Waals surface area contributed by atoms with Gasteiger partial charge in [-0.3, -0.25) is 9.59 Å². The number of carbonyl (C=O) groups excluding carboxylic acids is 2. The summed E-state index contributed by atoms with van der Waals surface area (Å²) in [6, 6.07) is 15.0. The topological polar surface area (TPSA) is 77.5 Å². The van der Waals surface area contributed by atoms with Crippen LogP contribution in [-0.2, 0) is 16.0 Å². The van der Waals surface area contributed by atoms with E-state index in [0.717, 1.165) is 17.7 Å². The summed E-state index contributed by atoms with van der Waals surface area (Å²) in [5.41, 5.74) is 2.80. The van der Waals surface area contributed by atoms with Crippen LogP contribution in [-0.4, -0.2) is 68.4 Å². The van der Waals surface area contributed by atoms with E-state index in [9.17, 15) is 9.59 Å². The first kappa shape index (κ1) is 27.0. The number of hydrogen-bond donors (Lipinski definition) is 0. The summed E-state index contributed by atoms with van der Waals surface area (Å²) in [6.45, 7) is 5.90. The highest BCUT2D eigenvalue weighted by atomic mass is 32.1. The number of nitrogens with zero attached hydrogens (tertiary/aromatic N) is 2. The van der Waals surface area contributed by atoms with Gasteiger partial charge in [0.15, 0.2) is 11.5 Å². The first-order valence-corrected chi connectivity index (χ1v) is 14.1. The molecule has 0 aliphatic carbocycles. The van der Waals surface area contributed by atoms with Crippen LogP contribution < -0.4 is 14.2 Å². The summed E-state index contributed by atoms with van der Waals surface area (Å²) in [4.78, 5) is 31.9. The third-order valence-electron chi connectivity index (χ3n) is 7.17. The lowest BCUT2D eigenvalue weighted by Crippen LogP contribution is -2.48. The number of thiophene rings is 1. The smallest absolute Gasteiger partial charge is 0.254 e. The van der Waals surface area contributed by atoms with Crippen LogP contribution in [0.5, 0.6) is 17.2 Å². The molecule has 0 saturated carbocycles. The fourth-order valence-corrected chi connectivity index (χ4v) is 5.85. The monoisotopic (exact) mass is 550 g/mol. The van der Waals surface area contributed by atoms with Gasteiger partial charge in [-0.25, -0.2) is 0 Å². The molecule has 1 aromatic heterocycles. The average molecular weight is 551 g/mol. The van der Waals surface area contributed by atoms with Crippen LogP contribution >= 0.6 is 11.3 Å². The first-order chi connectivity index (χ1) is 18.9. The molecular formula is C30H34N2O6S. The molecule has 8 nitrogen and oxygen atoms in total. The molecule has 206 valence electrons. The van der Waals surface area contributed by atoms with E-state index in [1.54, 1.807) is 36.6 Å². The van der Waals surface area contributed by atoms with E-state index in [1.165, 1.54) is 15.3 Å². The van der Waals surface area contributed by atoms with E-state index in [0.29, 0.717) is 42.7 Å². The van der Waals surface area contributed by atoms with Gasteiger partial charge in [-0.05, 0) is 65.2 Å². The number of rotatable bonds is 10. The van der Waals surface area contributed by atoms with E-state index < -0.39 is 0 Å². The lowest BCUT2D eigenvalue weighted by molar-refractivity contribution is -0.135. The van der Waals surface area contributed by atoms with Crippen molar-refractivity contribution < 1.29 is 28.5 Å². The Hall–Kier alpha value is -3.56. The minimum Gasteiger partial charge on any atom is -0.491 e. The molecule has 2 amide bonds. The Morgan fingerprint density at radius 1 is 1.10 bits per heavy atom. The molecule has 0 N–H and O–H groups in total. The maximum Gasteiger partial charge on any atom is 0.254 e. The molecule has 2 aliphatic rings. The average Bonchev–Trinajstić information content (AvgIpc) is 3.63. The van der Waals surface area contributed by atoms with Gasteiger partial charge < -0.3 is 28.7 Å². The number of benzene rings is 2. The second-order valence-electron chi connectivity index (χ2n) is 9.97. The largest absolute Gasteiger partial charge is 0.491 e. The molecule has 0 saturated heterocycles. The maximum absolute atomic E-state index is 13.8. The standard InChI is InChI=1S/C30H34N2O6S/c1-20(2)21-4-7-23(8-5-21)36-18-25-24-11-15-39-28(24)10-12-32(25)29(33)17-31(13-14-35-3)30(34)22-6-9-26-27(16-22)38-19-37-26/h4-9,11,15-16,20,25H,10,12-14,17-19H2,1-3H3/t25-/m1/s1. The van der Waals surface area contributed by atoms with E-state index in [1.807, 2.05) is 17.0 Å². The van der Waals surface area contributed by atoms with E-state index in [-0.39, 0.29) is 37.7 Å². The molecule has 9 heteroatoms. The number of amides is 2. The number of methoxy groups -OCH3 is 1. The highest BCUT2D eigenvalue weighted by Gasteiger charge is 2.34. The van der Waals surface area contributed by atoms with Crippen LogP contribution in [0.4, 0.5) is 0 Å². The number of carbonyl (C=O) groups is 2. The summed E-state index contributed by atoms with van der Waals surface area (Å²) in [5.74, 6) is 1.96. The molecule has 1 atom stereocenters. The Labute approximate surface area is 233 Å². The number of fused-ring (bicyclic) bond motifs is 2. The normalized spacial score (nSPS) is 15.8. The van der Waals surface area contributed by atoms with Crippen LogP contribution in [0.25, 0.3) is 0 Å². The van der Waals surface area contributed by atoms with Crippen LogP contribution in [0.2, 0.25) is 0 Å². The summed E-state index contributed by atoms with van der Waals surface area (Å²) in [6.07, 6.45) is 0.784. The molecule has 5 rings (SSSR count). The molecular weight excluding hydrogens is 516 g/mol. The van der Waals surface area contributed by atoms with Crippen molar-refractivity contribution in [1.82, 2.24) is 9.80 Å². The number of hydrogen-bond acceptors (Lipinski definition) is 7. The van der Waals surface area contributed by atoms with Gasteiger partial charge in [0.25, 0.3) is 5.91 Å². The predicted molar refractivity (Wildman–Crippen MR) is 149 cm³/mol. The Bertz CT molecular complexity index is 1310. The summed E-state index contributed by atoms with van der Waals surface area (Å²) in [5, 5.41) is 2.07. The van der Waals surface area contributed by atoms with Crippen molar-refractivity contribution in [3.05, 3.63) is 75.5 Å². The summed E-state index contributed by atoms with van der Waals surface area (Å²) in [7, 11) is 1.58. The highest BCUT2D eigenvalue weighted by Crippen LogP contribution is 2.35. The van der Waals surface area contributed by atoms with E-state index in [2.05, 4.69) is 37.4 Å². The Morgan fingerprint density at radius 3 is 2.67 bits per heavy atom. The predicted octanol–water partition coefficient (Wildman–Crippen LogP) is 4.89. The Kier molecular flexibility index (Phi) is 8.38. The fourth-order valence-electron chi connectivity index (χ4n) is 4.92. The SMILES string of the molecule is COCCN(CC(=O)N1CCc2sccc2[C@H]1COc1ccc(C(C)C)cc1)C(=O)c1ccc2c(c1)OCO2. The molecule has 39 heavy (non-hydrogen) atoms. The second-order valence-corrected chi connectivity index (χ2v) is 11.0. The molecule has 0 radical (unpaired) electrons. The van der Waals surface area contributed by atoms with Gasteiger partial charge in [-0.2, -0.15) is 0 Å². The lowest BCUT2D eigenvalue weighted by Gasteiger charge is -2.37. The fraction of sp³-hybridized carbons (Fsp3) is 0.400. The zero-order valence-electron chi connectivity index (χ0n) is 22.6.